The van der Waals surface area contributed by atoms with Gasteiger partial charge in [-0.1, -0.05) is 127 Å². The van der Waals surface area contributed by atoms with Gasteiger partial charge in [-0.3, -0.25) is 0 Å². The van der Waals surface area contributed by atoms with Crippen LogP contribution in [0.4, 0.5) is 0 Å². The first kappa shape index (κ1) is 29.0. The lowest BCUT2D eigenvalue weighted by molar-refractivity contribution is 0.341. The van der Waals surface area contributed by atoms with Crippen LogP contribution in [0.1, 0.15) is 5.56 Å². The molecule has 0 aromatic heterocycles. The van der Waals surface area contributed by atoms with Crippen LogP contribution < -0.4 is 0 Å². The third-order valence-corrected chi connectivity index (χ3v) is 10.8. The van der Waals surface area contributed by atoms with E-state index >= 15 is 0 Å². The summed E-state index contributed by atoms with van der Waals surface area (Å²) in [6.07, 6.45) is 3.69. The summed E-state index contributed by atoms with van der Waals surface area (Å²) in [5.74, 6) is 0. The largest absolute Gasteiger partial charge is 0.504 e. The van der Waals surface area contributed by atoms with E-state index in [-0.39, 0.29) is 0 Å². The van der Waals surface area contributed by atoms with E-state index in [2.05, 4.69) is 149 Å². The number of hydrogen-bond donors (Lipinski definition) is 0. The molecule has 8 aromatic rings. The molecule has 0 unspecified atom stereocenters. The second kappa shape index (κ2) is 11.5. The van der Waals surface area contributed by atoms with Gasteiger partial charge in [0.15, 0.2) is 0 Å². The maximum Gasteiger partial charge on any atom is 0.0830 e. The Hall–Kier alpha value is -5.15. The number of benzene rings is 8. The van der Waals surface area contributed by atoms with Crippen molar-refractivity contribution in [2.75, 3.05) is 7.11 Å². The summed E-state index contributed by atoms with van der Waals surface area (Å²) < 4.78 is 6.17. The fourth-order valence-electron chi connectivity index (χ4n) is 7.66. The maximum absolute atomic E-state index is 6.74. The first-order valence-corrected chi connectivity index (χ1v) is 17.2. The molecule has 0 aliphatic heterocycles. The molecular weight excluding hydrogens is 672 g/mol. The summed E-state index contributed by atoms with van der Waals surface area (Å²) in [7, 11) is 1.66. The van der Waals surface area contributed by atoms with Crippen molar-refractivity contribution in [1.29, 1.82) is 0 Å². The molecule has 1 aliphatic rings. The number of halogens is 2. The van der Waals surface area contributed by atoms with E-state index in [0.29, 0.717) is 5.02 Å². The third kappa shape index (κ3) is 4.44. The van der Waals surface area contributed by atoms with Gasteiger partial charge in [-0.25, -0.2) is 0 Å². The van der Waals surface area contributed by atoms with Crippen LogP contribution >= 0.6 is 27.5 Å². The highest BCUT2D eigenvalue weighted by molar-refractivity contribution is 9.10. The van der Waals surface area contributed by atoms with Crippen molar-refractivity contribution in [3.63, 3.8) is 0 Å². The maximum atomic E-state index is 6.74. The number of hydrogen-bond acceptors (Lipinski definition) is 1. The van der Waals surface area contributed by atoms with Gasteiger partial charge in [0, 0.05) is 4.47 Å². The number of ether oxygens (including phenoxy) is 1. The third-order valence-electron chi connectivity index (χ3n) is 9.64. The molecular formula is C45H28BrClO. The minimum absolute atomic E-state index is 0.663. The van der Waals surface area contributed by atoms with Gasteiger partial charge >= 0.3 is 0 Å². The van der Waals surface area contributed by atoms with Crippen molar-refractivity contribution in [2.24, 2.45) is 0 Å². The standard InChI is InChI=1S/C45H28BrClO/c1-48-22-21-31-25-39(46)40(47)26-36(31)30-19-20-34-37(23-30)42(28-13-6-3-7-14-28)44-35-18-10-17-33-32-16-9-8-15-29(32)24-38(43(33)35)45(44)41(34)27-11-4-2-5-12-27/h2-26H,1H3/b22-21-. The molecule has 0 N–H and O–H groups in total. The summed E-state index contributed by atoms with van der Waals surface area (Å²) in [6.45, 7) is 0. The molecule has 1 nitrogen and oxygen atoms in total. The number of fused-ring (bicyclic) bond motifs is 6. The summed E-state index contributed by atoms with van der Waals surface area (Å²) >= 11 is 10.4. The molecule has 0 radical (unpaired) electrons. The minimum atomic E-state index is 0.663. The highest BCUT2D eigenvalue weighted by atomic mass is 79.9. The van der Waals surface area contributed by atoms with Gasteiger partial charge in [-0.15, -0.1) is 0 Å². The van der Waals surface area contributed by atoms with Gasteiger partial charge in [0.05, 0.1) is 18.4 Å². The Morgan fingerprint density at radius 1 is 0.521 bits per heavy atom. The smallest absolute Gasteiger partial charge is 0.0830 e. The summed E-state index contributed by atoms with van der Waals surface area (Å²) in [5, 5.41) is 8.23. The topological polar surface area (TPSA) is 9.23 Å². The lowest BCUT2D eigenvalue weighted by atomic mass is 9.81. The van der Waals surface area contributed by atoms with E-state index < -0.39 is 0 Å². The minimum Gasteiger partial charge on any atom is -0.504 e. The Kier molecular flexibility index (Phi) is 6.97. The molecule has 1 aliphatic carbocycles. The Morgan fingerprint density at radius 2 is 1.19 bits per heavy atom. The summed E-state index contributed by atoms with van der Waals surface area (Å²) in [4.78, 5) is 0. The van der Waals surface area contributed by atoms with Crippen LogP contribution in [0.2, 0.25) is 5.02 Å². The van der Waals surface area contributed by atoms with Crippen LogP contribution in [0, 0.1) is 0 Å². The van der Waals surface area contributed by atoms with Crippen molar-refractivity contribution >= 4 is 65.9 Å². The molecule has 228 valence electrons. The van der Waals surface area contributed by atoms with Crippen LogP contribution in [0.3, 0.4) is 0 Å². The zero-order valence-electron chi connectivity index (χ0n) is 26.1. The van der Waals surface area contributed by atoms with Crippen LogP contribution in [-0.4, -0.2) is 7.11 Å². The molecule has 0 bridgehead atoms. The molecule has 3 heteroatoms. The van der Waals surface area contributed by atoms with Gasteiger partial charge in [0.25, 0.3) is 0 Å². The Bertz CT molecular complexity index is 2600. The lowest BCUT2D eigenvalue weighted by Gasteiger charge is -2.21. The van der Waals surface area contributed by atoms with Crippen molar-refractivity contribution in [1.82, 2.24) is 0 Å². The van der Waals surface area contributed by atoms with Gasteiger partial charge in [-0.05, 0) is 140 Å². The van der Waals surface area contributed by atoms with Gasteiger partial charge in [0.1, 0.15) is 0 Å². The first-order chi connectivity index (χ1) is 23.6. The molecule has 0 amide bonds. The molecule has 9 rings (SSSR count). The van der Waals surface area contributed by atoms with Crippen LogP contribution in [0.5, 0.6) is 0 Å². The highest BCUT2D eigenvalue weighted by Gasteiger charge is 2.31. The molecule has 8 aromatic carbocycles. The summed E-state index contributed by atoms with van der Waals surface area (Å²) in [5.41, 5.74) is 13.2. The molecule has 48 heavy (non-hydrogen) atoms. The van der Waals surface area contributed by atoms with Gasteiger partial charge < -0.3 is 4.74 Å². The van der Waals surface area contributed by atoms with E-state index in [1.54, 1.807) is 13.4 Å². The predicted octanol–water partition coefficient (Wildman–Crippen LogP) is 13.8. The average molecular weight is 700 g/mol. The monoisotopic (exact) mass is 698 g/mol. The Morgan fingerprint density at radius 3 is 1.94 bits per heavy atom. The Balaban J connectivity index is 1.48. The van der Waals surface area contributed by atoms with Crippen molar-refractivity contribution in [3.05, 3.63) is 161 Å². The Labute approximate surface area is 292 Å². The second-order valence-electron chi connectivity index (χ2n) is 12.3. The average Bonchev–Trinajstić information content (AvgIpc) is 3.45. The molecule has 0 fully saturated rings. The SMILES string of the molecule is CO/C=C\c1cc(Br)c(Cl)cc1-c1ccc2c(-c3ccccc3)c3c(c(-c4ccccc4)c2c1)-c1cccc2c1c-3cc1ccccc12. The van der Waals surface area contributed by atoms with Crippen molar-refractivity contribution in [3.8, 4) is 55.6 Å². The van der Waals surface area contributed by atoms with Crippen LogP contribution in [0.25, 0.3) is 94.0 Å². The quantitative estimate of drug-likeness (QED) is 0.128. The molecule has 0 heterocycles. The molecule has 0 saturated heterocycles. The molecule has 0 saturated carbocycles. The normalized spacial score (nSPS) is 12.0. The zero-order chi connectivity index (χ0) is 32.4. The first-order valence-electron chi connectivity index (χ1n) is 16.0. The fraction of sp³-hybridized carbons (Fsp3) is 0.0222. The second-order valence-corrected chi connectivity index (χ2v) is 13.5. The van der Waals surface area contributed by atoms with E-state index in [1.165, 1.54) is 76.8 Å². The summed E-state index contributed by atoms with van der Waals surface area (Å²) in [6, 6.07) is 50.7. The van der Waals surface area contributed by atoms with Gasteiger partial charge in [-0.2, -0.15) is 0 Å². The number of methoxy groups -OCH3 is 1. The van der Waals surface area contributed by atoms with E-state index in [4.69, 9.17) is 16.3 Å². The van der Waals surface area contributed by atoms with Crippen LogP contribution in [0.15, 0.2) is 150 Å². The molecule has 0 spiro atoms. The number of rotatable bonds is 5. The van der Waals surface area contributed by atoms with E-state index in [9.17, 15) is 0 Å². The fourth-order valence-corrected chi connectivity index (χ4v) is 8.19. The van der Waals surface area contributed by atoms with E-state index in [0.717, 1.165) is 21.2 Å². The van der Waals surface area contributed by atoms with Gasteiger partial charge in [0.2, 0.25) is 0 Å². The van der Waals surface area contributed by atoms with Crippen molar-refractivity contribution in [2.45, 2.75) is 0 Å². The molecule has 0 atom stereocenters. The lowest BCUT2D eigenvalue weighted by Crippen LogP contribution is -1.95. The van der Waals surface area contributed by atoms with Crippen LogP contribution in [-0.2, 0) is 4.74 Å². The van der Waals surface area contributed by atoms with Crippen molar-refractivity contribution < 1.29 is 4.74 Å². The predicted molar refractivity (Wildman–Crippen MR) is 208 cm³/mol. The van der Waals surface area contributed by atoms with E-state index in [1.807, 2.05) is 12.1 Å². The highest BCUT2D eigenvalue weighted by Crippen LogP contribution is 2.58. The zero-order valence-corrected chi connectivity index (χ0v) is 28.4.